The first-order chi connectivity index (χ1) is 1.41. The Hall–Kier alpha value is 0.170. The molecule has 4 heavy (non-hydrogen) atoms. The van der Waals surface area contributed by atoms with E-state index in [4.69, 9.17) is 0 Å². The van der Waals surface area contributed by atoms with E-state index in [2.05, 4.69) is 0 Å². The van der Waals surface area contributed by atoms with Gasteiger partial charge in [-0.2, -0.15) is 0 Å². The molecule has 0 bridgehead atoms. The molecule has 0 aromatic carbocycles. The molecule has 0 aliphatic rings. The van der Waals surface area contributed by atoms with Gasteiger partial charge < -0.3 is 6.15 Å². The summed E-state index contributed by atoms with van der Waals surface area (Å²) in [5, 5.41) is 0. The quantitative estimate of drug-likeness (QED) is 0.487. The van der Waals surface area contributed by atoms with Crippen molar-refractivity contribution in [2.75, 3.05) is 0 Å². The van der Waals surface area contributed by atoms with Gasteiger partial charge in [0, 0.05) is 0 Å². The van der Waals surface area contributed by atoms with Crippen LogP contribution in [0, 0.1) is 0 Å². The summed E-state index contributed by atoms with van der Waals surface area (Å²) in [6.45, 7) is 0. The van der Waals surface area contributed by atoms with Crippen molar-refractivity contribution in [3.63, 3.8) is 0 Å². The van der Waals surface area contributed by atoms with Gasteiger partial charge in [-0.05, 0) is 0 Å². The zero-order valence-electron chi connectivity index (χ0n) is 1.87. The van der Waals surface area contributed by atoms with Crippen molar-refractivity contribution in [3.8, 4) is 0 Å². The summed E-state index contributed by atoms with van der Waals surface area (Å²) < 4.78 is 19.1. The van der Waals surface area contributed by atoms with Gasteiger partial charge in [-0.25, -0.2) is 0 Å². The Morgan fingerprint density at radius 1 is 1.25 bits per heavy atom. The van der Waals surface area contributed by atoms with Crippen molar-refractivity contribution in [3.05, 3.63) is 0 Å². The monoisotopic (exact) mass is 87.0 g/mol. The van der Waals surface area contributed by atoms with Crippen LogP contribution in [0.2, 0.25) is 0 Å². The van der Waals surface area contributed by atoms with Crippen LogP contribution in [-0.2, 0) is 0 Å². The Morgan fingerprint density at radius 3 is 1.25 bits per heavy atom. The van der Waals surface area contributed by atoms with Crippen LogP contribution in [0.4, 0.5) is 7.77 Å². The van der Waals surface area contributed by atoms with E-state index in [-0.39, 0.29) is 6.15 Å². The molecule has 0 spiro atoms. The predicted molar refractivity (Wildman–Crippen MR) is 14.8 cm³/mol. The fourth-order valence-corrected chi connectivity index (χ4v) is 0. The van der Waals surface area contributed by atoms with E-state index >= 15 is 0 Å². The van der Waals surface area contributed by atoms with E-state index in [0.29, 0.717) is 0 Å². The molecule has 0 aliphatic heterocycles. The van der Waals surface area contributed by atoms with Gasteiger partial charge in [0.05, 0.1) is 0 Å². The minimum absolute atomic E-state index is 0. The third-order valence-electron chi connectivity index (χ3n) is 0. The molecule has 0 aromatic heterocycles. The minimum Gasteiger partial charge on any atom is -0.344 e. The molecule has 3 N–H and O–H groups in total. The van der Waals surface area contributed by atoms with Gasteiger partial charge in [-0.15, -0.1) is 7.77 Å². The maximum Gasteiger partial charge on any atom is 0.255 e. The van der Waals surface area contributed by atoms with Gasteiger partial charge in [0.15, 0.2) is 0 Å². The molecule has 0 saturated carbocycles. The van der Waals surface area contributed by atoms with Crippen LogP contribution in [0.3, 0.4) is 0 Å². The lowest BCUT2D eigenvalue weighted by molar-refractivity contribution is 0.814. The van der Waals surface area contributed by atoms with Crippen LogP contribution in [0.1, 0.15) is 0 Å². The Kier molecular flexibility index (Phi) is 24.3. The van der Waals surface area contributed by atoms with Crippen molar-refractivity contribution in [1.29, 1.82) is 0 Å². The summed E-state index contributed by atoms with van der Waals surface area (Å²) in [4.78, 5) is 0. The average molecular weight is 87.1 g/mol. The molecule has 0 aromatic rings. The number of halogens is 2. The van der Waals surface area contributed by atoms with Crippen LogP contribution >= 0.6 is 12.5 Å². The molecule has 0 aliphatic carbocycles. The zero-order valence-corrected chi connectivity index (χ0v) is 2.69. The lowest BCUT2D eigenvalue weighted by atomic mass is 14.0. The summed E-state index contributed by atoms with van der Waals surface area (Å²) >= 11 is -1.25. The molecule has 0 heterocycles. The Bertz CT molecular complexity index is 6.00. The lowest BCUT2D eigenvalue weighted by Crippen LogP contribution is -0.884. The van der Waals surface area contributed by atoms with Crippen molar-refractivity contribution in [1.82, 2.24) is 6.15 Å². The molecule has 28 valence electrons. The second-order valence-electron chi connectivity index (χ2n) is 0.0583. The van der Waals surface area contributed by atoms with Crippen LogP contribution in [0.15, 0.2) is 0 Å². The standard InChI is InChI=1S/F2S.H3N/c1-3-2;/h;1H3. The largest absolute Gasteiger partial charge is 0.344 e. The minimum atomic E-state index is -1.25. The van der Waals surface area contributed by atoms with E-state index in [0.717, 1.165) is 0 Å². The molecule has 0 rings (SSSR count). The molecule has 0 radical (unpaired) electrons. The smallest absolute Gasteiger partial charge is 0.255 e. The number of hydrogen-bond donors (Lipinski definition) is 1. The number of rotatable bonds is 0. The van der Waals surface area contributed by atoms with Crippen molar-refractivity contribution >= 4 is 12.5 Å². The normalized spacial score (nSPS) is 4.50. The van der Waals surface area contributed by atoms with E-state index in [1.54, 1.807) is 0 Å². The third-order valence-corrected chi connectivity index (χ3v) is 0. The molecule has 0 saturated heterocycles. The van der Waals surface area contributed by atoms with Gasteiger partial charge >= 0.3 is 0 Å². The summed E-state index contributed by atoms with van der Waals surface area (Å²) in [6, 6.07) is 0. The highest BCUT2D eigenvalue weighted by Gasteiger charge is 1.49. The van der Waals surface area contributed by atoms with Gasteiger partial charge in [-0.1, -0.05) is 0 Å². The molecule has 0 amide bonds. The Labute approximate surface area is 27.6 Å². The summed E-state index contributed by atoms with van der Waals surface area (Å²) in [7, 11) is 0. The zero-order chi connectivity index (χ0) is 2.71. The van der Waals surface area contributed by atoms with E-state index in [1.807, 2.05) is 0 Å². The highest BCUT2D eigenvalue weighted by molar-refractivity contribution is 7.89. The molecular formula is H3F2NS. The second-order valence-corrected chi connectivity index (χ2v) is 0.175. The van der Waals surface area contributed by atoms with Gasteiger partial charge in [0.2, 0.25) is 0 Å². The fourth-order valence-electron chi connectivity index (χ4n) is 0. The van der Waals surface area contributed by atoms with Gasteiger partial charge in [0.1, 0.15) is 0 Å². The predicted octanol–water partition coefficient (Wildman–Crippen LogP) is 1.65. The van der Waals surface area contributed by atoms with Crippen LogP contribution in [0.25, 0.3) is 0 Å². The fraction of sp³-hybridized carbons (Fsp3) is 0. The Morgan fingerprint density at radius 2 is 1.25 bits per heavy atom. The first-order valence-corrected chi connectivity index (χ1v) is 0.926. The Balaban J connectivity index is 0. The number of hydrogen-bond acceptors (Lipinski definition) is 2. The molecule has 0 atom stereocenters. The van der Waals surface area contributed by atoms with Crippen molar-refractivity contribution < 1.29 is 7.77 Å². The van der Waals surface area contributed by atoms with Gasteiger partial charge in [-0.3, -0.25) is 0 Å². The second kappa shape index (κ2) is 10.9. The van der Waals surface area contributed by atoms with E-state index in [9.17, 15) is 7.77 Å². The topological polar surface area (TPSA) is 35.0 Å². The lowest BCUT2D eigenvalue weighted by Gasteiger charge is -1.36. The van der Waals surface area contributed by atoms with Gasteiger partial charge in [0.25, 0.3) is 12.5 Å². The molecule has 0 unspecified atom stereocenters. The van der Waals surface area contributed by atoms with Crippen molar-refractivity contribution in [2.45, 2.75) is 0 Å². The first kappa shape index (κ1) is 8.90. The molecule has 0 fully saturated rings. The van der Waals surface area contributed by atoms with Crippen LogP contribution in [-0.4, -0.2) is 0 Å². The SMILES string of the molecule is FSF.N. The van der Waals surface area contributed by atoms with Crippen molar-refractivity contribution in [2.24, 2.45) is 0 Å². The summed E-state index contributed by atoms with van der Waals surface area (Å²) in [5.41, 5.74) is 0. The average Bonchev–Trinajstić information content (AvgIpc) is 0.918. The van der Waals surface area contributed by atoms with E-state index < -0.39 is 12.5 Å². The van der Waals surface area contributed by atoms with Crippen LogP contribution < -0.4 is 6.15 Å². The molecule has 4 heteroatoms. The maximum atomic E-state index is 9.54. The molecule has 1 nitrogen and oxygen atoms in total. The highest BCUT2D eigenvalue weighted by atomic mass is 32.2. The maximum absolute atomic E-state index is 9.54. The highest BCUT2D eigenvalue weighted by Crippen LogP contribution is 1.95. The summed E-state index contributed by atoms with van der Waals surface area (Å²) in [6.07, 6.45) is 0. The first-order valence-electron chi connectivity index (χ1n) is 0.309. The third kappa shape index (κ3) is 103. The molecular weight excluding hydrogens is 84.1 g/mol. The van der Waals surface area contributed by atoms with Crippen LogP contribution in [0.5, 0.6) is 0 Å². The summed E-state index contributed by atoms with van der Waals surface area (Å²) in [5.74, 6) is 0. The van der Waals surface area contributed by atoms with E-state index in [1.165, 1.54) is 0 Å².